The van der Waals surface area contributed by atoms with Crippen LogP contribution in [0.25, 0.3) is 0 Å². The van der Waals surface area contributed by atoms with Crippen molar-refractivity contribution in [3.05, 3.63) is 30.3 Å². The molecule has 0 saturated heterocycles. The molecule has 0 amide bonds. The summed E-state index contributed by atoms with van der Waals surface area (Å²) in [5.41, 5.74) is 0.711. The predicted octanol–water partition coefficient (Wildman–Crippen LogP) is 2.11. The van der Waals surface area contributed by atoms with Gasteiger partial charge in [0.1, 0.15) is 13.2 Å². The second-order valence-electron chi connectivity index (χ2n) is 4.16. The van der Waals surface area contributed by atoms with Gasteiger partial charge in [0.15, 0.2) is 0 Å². The Hall–Kier alpha value is -2.44. The molecule has 0 fully saturated rings. The minimum Gasteiger partial charge on any atom is -0.464 e. The van der Waals surface area contributed by atoms with E-state index in [0.29, 0.717) is 18.8 Å². The van der Waals surface area contributed by atoms with Crippen LogP contribution in [0.5, 0.6) is 0 Å². The van der Waals surface area contributed by atoms with Crippen LogP contribution in [0.4, 0.5) is 5.69 Å². The number of carbonyl (C=O) groups excluding carboxylic acids is 2. The number of ether oxygens (including phenoxy) is 2. The predicted molar refractivity (Wildman–Crippen MR) is 75.8 cm³/mol. The molecule has 0 atom stereocenters. The molecule has 0 spiro atoms. The number of rotatable bonds is 8. The number of benzene rings is 1. The zero-order valence-corrected chi connectivity index (χ0v) is 12.2. The molecule has 0 saturated carbocycles. The lowest BCUT2D eigenvalue weighted by molar-refractivity contribution is -0.141. The third-order valence-electron chi connectivity index (χ3n) is 2.35. The summed E-state index contributed by atoms with van der Waals surface area (Å²) in [7, 11) is 0. The fourth-order valence-corrected chi connectivity index (χ4v) is 1.40. The van der Waals surface area contributed by atoms with Crippen LogP contribution >= 0.6 is 0 Å². The van der Waals surface area contributed by atoms with Gasteiger partial charge in [0, 0.05) is 13.8 Å². The normalized spacial score (nSPS) is 10.4. The average molecular weight is 293 g/mol. The molecule has 0 bridgehead atoms. The Morgan fingerprint density at radius 1 is 1.00 bits per heavy atom. The van der Waals surface area contributed by atoms with Crippen LogP contribution in [-0.4, -0.2) is 43.3 Å². The molecule has 1 rings (SSSR count). The van der Waals surface area contributed by atoms with Crippen molar-refractivity contribution in [2.75, 3.05) is 26.3 Å². The molecule has 0 unspecified atom stereocenters. The molecule has 0 aliphatic rings. The molecular weight excluding hydrogens is 274 g/mol. The Morgan fingerprint density at radius 2 is 1.52 bits per heavy atom. The lowest BCUT2D eigenvalue weighted by Gasteiger charge is -2.17. The molecule has 0 N–H and O–H groups in total. The summed E-state index contributed by atoms with van der Waals surface area (Å²) in [6.45, 7) is 3.82. The highest BCUT2D eigenvalue weighted by Gasteiger charge is 2.04. The Morgan fingerprint density at radius 3 is 2.00 bits per heavy atom. The van der Waals surface area contributed by atoms with Crippen LogP contribution in [-0.2, 0) is 19.1 Å². The quantitative estimate of drug-likeness (QED) is 0.416. The van der Waals surface area contributed by atoms with Crippen LogP contribution in [0.15, 0.2) is 40.7 Å². The molecule has 7 heteroatoms. The Balaban J connectivity index is 2.51. The smallest absolute Gasteiger partial charge is 0.302 e. The SMILES string of the molecule is CC(=O)OCCN(CCOC(C)=O)/N=N/c1ccccc1. The van der Waals surface area contributed by atoms with Crippen LogP contribution in [0, 0.1) is 0 Å². The van der Waals surface area contributed by atoms with Gasteiger partial charge < -0.3 is 9.47 Å². The maximum atomic E-state index is 10.7. The number of esters is 2. The average Bonchev–Trinajstić information content (AvgIpc) is 2.44. The van der Waals surface area contributed by atoms with Crippen LogP contribution in [0.3, 0.4) is 0 Å². The second kappa shape index (κ2) is 9.46. The Kier molecular flexibility index (Phi) is 7.49. The molecule has 0 radical (unpaired) electrons. The van der Waals surface area contributed by atoms with Crippen molar-refractivity contribution in [1.82, 2.24) is 5.01 Å². The first kappa shape index (κ1) is 16.6. The summed E-state index contributed by atoms with van der Waals surface area (Å²) in [6, 6.07) is 9.24. The summed E-state index contributed by atoms with van der Waals surface area (Å²) in [5, 5.41) is 9.72. The first-order valence-electron chi connectivity index (χ1n) is 6.56. The van der Waals surface area contributed by atoms with E-state index in [4.69, 9.17) is 9.47 Å². The fourth-order valence-electron chi connectivity index (χ4n) is 1.40. The topological polar surface area (TPSA) is 80.6 Å². The van der Waals surface area contributed by atoms with Crippen molar-refractivity contribution in [3.63, 3.8) is 0 Å². The molecule has 0 aliphatic carbocycles. The molecule has 21 heavy (non-hydrogen) atoms. The van der Waals surface area contributed by atoms with Gasteiger partial charge >= 0.3 is 11.9 Å². The van der Waals surface area contributed by atoms with E-state index < -0.39 is 0 Å². The van der Waals surface area contributed by atoms with Crippen LogP contribution < -0.4 is 0 Å². The number of carbonyl (C=O) groups is 2. The van der Waals surface area contributed by atoms with Gasteiger partial charge in [-0.2, -0.15) is 0 Å². The third-order valence-corrected chi connectivity index (χ3v) is 2.35. The van der Waals surface area contributed by atoms with Crippen molar-refractivity contribution in [1.29, 1.82) is 0 Å². The van der Waals surface area contributed by atoms with Crippen molar-refractivity contribution in [2.45, 2.75) is 13.8 Å². The maximum Gasteiger partial charge on any atom is 0.302 e. The minimum atomic E-state index is -0.352. The van der Waals surface area contributed by atoms with Crippen molar-refractivity contribution in [2.24, 2.45) is 10.3 Å². The number of hydrogen-bond acceptors (Lipinski definition) is 6. The lowest BCUT2D eigenvalue weighted by atomic mass is 10.3. The molecule has 114 valence electrons. The van der Waals surface area contributed by atoms with Crippen LogP contribution in [0.1, 0.15) is 13.8 Å². The summed E-state index contributed by atoms with van der Waals surface area (Å²) < 4.78 is 9.72. The van der Waals surface area contributed by atoms with Gasteiger partial charge in [-0.3, -0.25) is 14.6 Å². The second-order valence-corrected chi connectivity index (χ2v) is 4.16. The summed E-state index contributed by atoms with van der Waals surface area (Å²) in [4.78, 5) is 21.5. The van der Waals surface area contributed by atoms with E-state index in [2.05, 4.69) is 10.3 Å². The van der Waals surface area contributed by atoms with E-state index in [9.17, 15) is 9.59 Å². The van der Waals surface area contributed by atoms with E-state index >= 15 is 0 Å². The van der Waals surface area contributed by atoms with Crippen molar-refractivity contribution >= 4 is 17.6 Å². The van der Waals surface area contributed by atoms with Gasteiger partial charge in [-0.05, 0) is 12.1 Å². The van der Waals surface area contributed by atoms with Gasteiger partial charge in [-0.15, -0.1) is 5.11 Å². The van der Waals surface area contributed by atoms with E-state index in [0.717, 1.165) is 0 Å². The van der Waals surface area contributed by atoms with E-state index in [1.165, 1.54) is 13.8 Å². The Labute approximate surface area is 123 Å². The van der Waals surface area contributed by atoms with Gasteiger partial charge in [0.25, 0.3) is 0 Å². The van der Waals surface area contributed by atoms with Gasteiger partial charge in [0.05, 0.1) is 18.8 Å². The zero-order chi connectivity index (χ0) is 15.5. The Bertz CT molecular complexity index is 456. The highest BCUT2D eigenvalue weighted by atomic mass is 16.5. The molecule has 7 nitrogen and oxygen atoms in total. The minimum absolute atomic E-state index is 0.198. The third kappa shape index (κ3) is 8.35. The summed E-state index contributed by atoms with van der Waals surface area (Å²) in [5.74, 6) is -0.704. The summed E-state index contributed by atoms with van der Waals surface area (Å²) in [6.07, 6.45) is 0. The molecule has 0 aliphatic heterocycles. The monoisotopic (exact) mass is 293 g/mol. The molecule has 0 aromatic heterocycles. The van der Waals surface area contributed by atoms with Gasteiger partial charge in [-0.1, -0.05) is 23.4 Å². The molecule has 1 aromatic rings. The number of hydrogen-bond donors (Lipinski definition) is 0. The lowest BCUT2D eigenvalue weighted by Crippen LogP contribution is -2.27. The van der Waals surface area contributed by atoms with Crippen LogP contribution in [0.2, 0.25) is 0 Å². The molecule has 1 aromatic carbocycles. The fraction of sp³-hybridized carbons (Fsp3) is 0.429. The highest BCUT2D eigenvalue weighted by Crippen LogP contribution is 2.10. The van der Waals surface area contributed by atoms with Gasteiger partial charge in [0.2, 0.25) is 0 Å². The molecule has 0 heterocycles. The van der Waals surface area contributed by atoms with E-state index in [1.54, 1.807) is 5.01 Å². The van der Waals surface area contributed by atoms with Crippen molar-refractivity contribution < 1.29 is 19.1 Å². The van der Waals surface area contributed by atoms with Gasteiger partial charge in [-0.25, -0.2) is 0 Å². The summed E-state index contributed by atoms with van der Waals surface area (Å²) >= 11 is 0. The van der Waals surface area contributed by atoms with E-state index in [-0.39, 0.29) is 25.2 Å². The first-order valence-corrected chi connectivity index (χ1v) is 6.56. The zero-order valence-electron chi connectivity index (χ0n) is 12.2. The highest BCUT2D eigenvalue weighted by molar-refractivity contribution is 5.66. The van der Waals surface area contributed by atoms with Crippen molar-refractivity contribution in [3.8, 4) is 0 Å². The molecular formula is C14H19N3O4. The number of nitrogens with zero attached hydrogens (tertiary/aromatic N) is 3. The van der Waals surface area contributed by atoms with E-state index in [1.807, 2.05) is 30.3 Å². The largest absolute Gasteiger partial charge is 0.464 e. The standard InChI is InChI=1S/C14H19N3O4/c1-12(18)20-10-8-17(9-11-21-13(2)19)16-15-14-6-4-3-5-7-14/h3-7H,8-11H2,1-2H3/b16-15+. The maximum absolute atomic E-state index is 10.7. The first-order chi connectivity index (χ1) is 10.1.